The molecular weight excluding hydrogens is 324 g/mol. The molecule has 2 atom stereocenters. The quantitative estimate of drug-likeness (QED) is 0.380. The largest absolute Gasteiger partial charge is 0.357 e. The lowest BCUT2D eigenvalue weighted by atomic mass is 9.92. The molecule has 0 aliphatic carbocycles. The lowest BCUT2D eigenvalue weighted by molar-refractivity contribution is -0.136. The lowest BCUT2D eigenvalue weighted by Gasteiger charge is -2.22. The summed E-state index contributed by atoms with van der Waals surface area (Å²) in [5.41, 5.74) is 2.40. The number of pyridine rings is 1. The van der Waals surface area contributed by atoms with Crippen LogP contribution in [0.25, 0.3) is 0 Å². The Morgan fingerprint density at radius 3 is 2.32 bits per heavy atom. The molecule has 0 saturated heterocycles. The number of nitrogens with one attached hydrogen (secondary N) is 3. The average molecular weight is 350 g/mol. The maximum absolute atomic E-state index is 12.6. The molecule has 0 spiro atoms. The summed E-state index contributed by atoms with van der Waals surface area (Å²) >= 11 is 0. The molecule has 0 bridgehead atoms. The predicted octanol–water partition coefficient (Wildman–Crippen LogP) is 0.413. The van der Waals surface area contributed by atoms with Crippen molar-refractivity contribution >= 4 is 17.7 Å². The number of rotatable bonds is 9. The third kappa shape index (κ3) is 7.30. The van der Waals surface area contributed by atoms with Crippen LogP contribution in [0, 0.1) is 11.8 Å². The molecule has 1 aromatic rings. The maximum atomic E-state index is 12.6. The van der Waals surface area contributed by atoms with Gasteiger partial charge in [-0.15, -0.1) is 0 Å². The standard InChI is InChI=1S/C17H26N4O4/c1-11(2)8-13(10-15(22)21-25)16(23)20-14(17(24)18-3)9-12-4-6-19-7-5-12/h4-7,11,13-14,25H,8-10H2,1-3H3,(H,18,24)(H,20,23)(H,21,22)/t13-,14+/m1/s1. The van der Waals surface area contributed by atoms with Crippen LogP contribution in [0.3, 0.4) is 0 Å². The number of carbonyl (C=O) groups excluding carboxylic acids is 3. The van der Waals surface area contributed by atoms with E-state index in [1.807, 2.05) is 13.8 Å². The highest BCUT2D eigenvalue weighted by Crippen LogP contribution is 2.16. The predicted molar refractivity (Wildman–Crippen MR) is 91.4 cm³/mol. The molecule has 8 nitrogen and oxygen atoms in total. The molecule has 1 aromatic heterocycles. The van der Waals surface area contributed by atoms with Gasteiger partial charge in [-0.05, 0) is 30.0 Å². The number of likely N-dealkylation sites (N-methyl/N-ethyl adjacent to an activating group) is 1. The summed E-state index contributed by atoms with van der Waals surface area (Å²) in [7, 11) is 1.50. The number of amides is 3. The molecule has 138 valence electrons. The summed E-state index contributed by atoms with van der Waals surface area (Å²) in [6, 6.07) is 2.78. The van der Waals surface area contributed by atoms with Gasteiger partial charge >= 0.3 is 0 Å². The van der Waals surface area contributed by atoms with Crippen LogP contribution in [-0.4, -0.2) is 41.0 Å². The topological polar surface area (TPSA) is 120 Å². The minimum Gasteiger partial charge on any atom is -0.357 e. The van der Waals surface area contributed by atoms with Crippen LogP contribution in [0.1, 0.15) is 32.3 Å². The summed E-state index contributed by atoms with van der Waals surface area (Å²) < 4.78 is 0. The average Bonchev–Trinajstić information content (AvgIpc) is 2.60. The summed E-state index contributed by atoms with van der Waals surface area (Å²) in [5.74, 6) is -1.79. The van der Waals surface area contributed by atoms with Gasteiger partial charge in [0.2, 0.25) is 17.7 Å². The van der Waals surface area contributed by atoms with E-state index in [0.29, 0.717) is 12.8 Å². The summed E-state index contributed by atoms with van der Waals surface area (Å²) in [4.78, 5) is 40.1. The zero-order chi connectivity index (χ0) is 18.8. The molecule has 1 rings (SSSR count). The van der Waals surface area contributed by atoms with Crippen molar-refractivity contribution in [1.82, 2.24) is 21.1 Å². The van der Waals surface area contributed by atoms with Crippen molar-refractivity contribution in [3.8, 4) is 0 Å². The Balaban J connectivity index is 2.85. The van der Waals surface area contributed by atoms with E-state index in [4.69, 9.17) is 5.21 Å². The molecule has 0 aromatic carbocycles. The summed E-state index contributed by atoms with van der Waals surface area (Å²) in [5, 5.41) is 14.0. The Bertz CT molecular complexity index is 577. The van der Waals surface area contributed by atoms with Crippen molar-refractivity contribution in [2.24, 2.45) is 11.8 Å². The third-order valence-electron chi connectivity index (χ3n) is 3.75. The van der Waals surface area contributed by atoms with Crippen molar-refractivity contribution in [1.29, 1.82) is 0 Å². The maximum Gasteiger partial charge on any atom is 0.244 e. The van der Waals surface area contributed by atoms with E-state index in [1.165, 1.54) is 7.05 Å². The van der Waals surface area contributed by atoms with Crippen LogP contribution in [0.2, 0.25) is 0 Å². The van der Waals surface area contributed by atoms with Crippen LogP contribution in [-0.2, 0) is 20.8 Å². The van der Waals surface area contributed by atoms with Crippen LogP contribution in [0.15, 0.2) is 24.5 Å². The van der Waals surface area contributed by atoms with Crippen LogP contribution in [0.4, 0.5) is 0 Å². The highest BCUT2D eigenvalue weighted by molar-refractivity contribution is 5.90. The molecule has 8 heteroatoms. The van der Waals surface area contributed by atoms with Gasteiger partial charge < -0.3 is 10.6 Å². The second kappa shape index (κ2) is 10.4. The van der Waals surface area contributed by atoms with E-state index in [0.717, 1.165) is 5.56 Å². The Hall–Kier alpha value is -2.48. The van der Waals surface area contributed by atoms with E-state index < -0.39 is 17.9 Å². The van der Waals surface area contributed by atoms with Crippen molar-refractivity contribution in [3.63, 3.8) is 0 Å². The zero-order valence-electron chi connectivity index (χ0n) is 14.8. The first kappa shape index (κ1) is 20.6. The number of hydrogen-bond donors (Lipinski definition) is 4. The first-order chi connectivity index (χ1) is 11.9. The normalized spacial score (nSPS) is 13.0. The van der Waals surface area contributed by atoms with Crippen molar-refractivity contribution in [2.45, 2.75) is 39.2 Å². The molecule has 0 saturated carbocycles. The van der Waals surface area contributed by atoms with E-state index in [9.17, 15) is 14.4 Å². The second-order valence-corrected chi connectivity index (χ2v) is 6.30. The number of hydrogen-bond acceptors (Lipinski definition) is 5. The summed E-state index contributed by atoms with van der Waals surface area (Å²) in [6.45, 7) is 3.87. The van der Waals surface area contributed by atoms with Crippen LogP contribution < -0.4 is 16.1 Å². The molecule has 0 radical (unpaired) electrons. The van der Waals surface area contributed by atoms with E-state index in [-0.39, 0.29) is 24.2 Å². The molecule has 0 unspecified atom stereocenters. The fourth-order valence-electron chi connectivity index (χ4n) is 2.55. The molecule has 1 heterocycles. The van der Waals surface area contributed by atoms with Crippen LogP contribution in [0.5, 0.6) is 0 Å². The van der Waals surface area contributed by atoms with Crippen molar-refractivity contribution in [2.75, 3.05) is 7.05 Å². The second-order valence-electron chi connectivity index (χ2n) is 6.30. The van der Waals surface area contributed by atoms with E-state index in [1.54, 1.807) is 30.0 Å². The summed E-state index contributed by atoms with van der Waals surface area (Å²) in [6.07, 6.45) is 3.87. The third-order valence-corrected chi connectivity index (χ3v) is 3.75. The van der Waals surface area contributed by atoms with Gasteiger partial charge in [-0.1, -0.05) is 13.8 Å². The minimum absolute atomic E-state index is 0.143. The Labute approximate surface area is 147 Å². The minimum atomic E-state index is -0.758. The number of aromatic nitrogens is 1. The van der Waals surface area contributed by atoms with E-state index in [2.05, 4.69) is 15.6 Å². The zero-order valence-corrected chi connectivity index (χ0v) is 14.8. The highest BCUT2D eigenvalue weighted by Gasteiger charge is 2.27. The van der Waals surface area contributed by atoms with Gasteiger partial charge in [0.05, 0.1) is 0 Å². The van der Waals surface area contributed by atoms with Crippen LogP contribution >= 0.6 is 0 Å². The molecule has 0 fully saturated rings. The Morgan fingerprint density at radius 2 is 1.80 bits per heavy atom. The lowest BCUT2D eigenvalue weighted by Crippen LogP contribution is -2.49. The van der Waals surface area contributed by atoms with Gasteiger partial charge in [-0.3, -0.25) is 24.6 Å². The van der Waals surface area contributed by atoms with Gasteiger partial charge in [0, 0.05) is 38.2 Å². The molecule has 3 amide bonds. The molecular formula is C17H26N4O4. The van der Waals surface area contributed by atoms with Crippen molar-refractivity contribution in [3.05, 3.63) is 30.1 Å². The fourth-order valence-corrected chi connectivity index (χ4v) is 2.55. The first-order valence-corrected chi connectivity index (χ1v) is 8.21. The van der Waals surface area contributed by atoms with E-state index >= 15 is 0 Å². The monoisotopic (exact) mass is 350 g/mol. The SMILES string of the molecule is CNC(=O)[C@H](Cc1ccncc1)NC(=O)[C@@H](CC(=O)NO)CC(C)C. The van der Waals surface area contributed by atoms with Gasteiger partial charge in [0.1, 0.15) is 6.04 Å². The molecule has 4 N–H and O–H groups in total. The van der Waals surface area contributed by atoms with Gasteiger partial charge in [0.25, 0.3) is 0 Å². The highest BCUT2D eigenvalue weighted by atomic mass is 16.5. The number of hydroxylamine groups is 1. The van der Waals surface area contributed by atoms with Gasteiger partial charge in [-0.2, -0.15) is 0 Å². The fraction of sp³-hybridized carbons (Fsp3) is 0.529. The molecule has 0 aliphatic rings. The first-order valence-electron chi connectivity index (χ1n) is 8.21. The molecule has 25 heavy (non-hydrogen) atoms. The Morgan fingerprint density at radius 1 is 1.16 bits per heavy atom. The smallest absolute Gasteiger partial charge is 0.244 e. The Kier molecular flexibility index (Phi) is 8.55. The van der Waals surface area contributed by atoms with Crippen molar-refractivity contribution < 1.29 is 19.6 Å². The van der Waals surface area contributed by atoms with Gasteiger partial charge in [-0.25, -0.2) is 5.48 Å². The number of carbonyl (C=O) groups is 3. The number of nitrogens with zero attached hydrogens (tertiary/aromatic N) is 1. The van der Waals surface area contributed by atoms with Gasteiger partial charge in [0.15, 0.2) is 0 Å². The molecule has 0 aliphatic heterocycles.